The lowest BCUT2D eigenvalue weighted by molar-refractivity contribution is -0.131. The van der Waals surface area contributed by atoms with E-state index in [1.165, 1.54) is 0 Å². The number of carbonyl (C=O) groups excluding carboxylic acids is 1. The van der Waals surface area contributed by atoms with Crippen LogP contribution in [0.4, 0.5) is 0 Å². The molecule has 0 spiro atoms. The number of aromatic nitrogens is 1. The zero-order valence-electron chi connectivity index (χ0n) is 10.5. The molecule has 1 unspecified atom stereocenters. The Morgan fingerprint density at radius 1 is 1.78 bits per heavy atom. The largest absolute Gasteiger partial charge is 0.359 e. The average Bonchev–Trinajstić information content (AvgIpc) is 2.97. The zero-order valence-corrected chi connectivity index (χ0v) is 10.5. The summed E-state index contributed by atoms with van der Waals surface area (Å²) in [5.41, 5.74) is 0.842. The maximum absolute atomic E-state index is 12.0. The van der Waals surface area contributed by atoms with Gasteiger partial charge in [0, 0.05) is 12.6 Å². The summed E-state index contributed by atoms with van der Waals surface area (Å²) in [6.45, 7) is 3.32. The maximum atomic E-state index is 12.0. The quantitative estimate of drug-likeness (QED) is 0.633. The van der Waals surface area contributed by atoms with Crippen molar-refractivity contribution in [2.24, 2.45) is 0 Å². The van der Waals surface area contributed by atoms with Gasteiger partial charge in [-0.3, -0.25) is 10.1 Å². The van der Waals surface area contributed by atoms with Crippen LogP contribution in [0.1, 0.15) is 30.3 Å². The molecular weight excluding hydrogens is 230 g/mol. The molecule has 1 aromatic heterocycles. The SMILES string of the molecule is C#CCNCC(=O)N1CCCC1c1cc(C)no1. The van der Waals surface area contributed by atoms with E-state index in [0.29, 0.717) is 6.54 Å². The van der Waals surface area contributed by atoms with Crippen molar-refractivity contribution in [1.29, 1.82) is 0 Å². The first-order valence-corrected chi connectivity index (χ1v) is 6.09. The van der Waals surface area contributed by atoms with E-state index < -0.39 is 0 Å². The lowest BCUT2D eigenvalue weighted by Crippen LogP contribution is -2.37. The van der Waals surface area contributed by atoms with Crippen molar-refractivity contribution in [3.05, 3.63) is 17.5 Å². The summed E-state index contributed by atoms with van der Waals surface area (Å²) in [4.78, 5) is 13.9. The monoisotopic (exact) mass is 247 g/mol. The Morgan fingerprint density at radius 2 is 2.61 bits per heavy atom. The fourth-order valence-corrected chi connectivity index (χ4v) is 2.24. The topological polar surface area (TPSA) is 58.4 Å². The molecule has 1 N–H and O–H groups in total. The van der Waals surface area contributed by atoms with Gasteiger partial charge in [0.25, 0.3) is 0 Å². The summed E-state index contributed by atoms with van der Waals surface area (Å²) in [6, 6.07) is 1.91. The van der Waals surface area contributed by atoms with Gasteiger partial charge in [-0.1, -0.05) is 11.1 Å². The van der Waals surface area contributed by atoms with Crippen LogP contribution in [0, 0.1) is 19.3 Å². The van der Waals surface area contributed by atoms with Gasteiger partial charge in [-0.2, -0.15) is 0 Å². The van der Waals surface area contributed by atoms with Crippen molar-refractivity contribution < 1.29 is 9.32 Å². The normalized spacial score (nSPS) is 18.9. The molecule has 5 nitrogen and oxygen atoms in total. The van der Waals surface area contributed by atoms with Gasteiger partial charge in [0.1, 0.15) is 0 Å². The number of aryl methyl sites for hydroxylation is 1. The summed E-state index contributed by atoms with van der Waals surface area (Å²) in [6.07, 6.45) is 7.05. The number of amides is 1. The van der Waals surface area contributed by atoms with Gasteiger partial charge in [-0.25, -0.2) is 0 Å². The van der Waals surface area contributed by atoms with Crippen molar-refractivity contribution in [1.82, 2.24) is 15.4 Å². The van der Waals surface area contributed by atoms with E-state index in [1.54, 1.807) is 0 Å². The lowest BCUT2D eigenvalue weighted by Gasteiger charge is -2.22. The van der Waals surface area contributed by atoms with Crippen LogP contribution in [0.2, 0.25) is 0 Å². The zero-order chi connectivity index (χ0) is 13.0. The fourth-order valence-electron chi connectivity index (χ4n) is 2.24. The van der Waals surface area contributed by atoms with Crippen LogP contribution in [0.5, 0.6) is 0 Å². The number of rotatable bonds is 4. The van der Waals surface area contributed by atoms with Crippen LogP contribution >= 0.6 is 0 Å². The van der Waals surface area contributed by atoms with Gasteiger partial charge < -0.3 is 9.42 Å². The van der Waals surface area contributed by atoms with E-state index in [-0.39, 0.29) is 18.5 Å². The molecular formula is C13H17N3O2. The smallest absolute Gasteiger partial charge is 0.237 e. The number of nitrogens with zero attached hydrogens (tertiary/aromatic N) is 2. The molecule has 1 saturated heterocycles. The number of nitrogens with one attached hydrogen (secondary N) is 1. The van der Waals surface area contributed by atoms with Gasteiger partial charge in [0.05, 0.1) is 24.8 Å². The van der Waals surface area contributed by atoms with E-state index in [1.807, 2.05) is 17.9 Å². The molecule has 2 heterocycles. The van der Waals surface area contributed by atoms with Crippen molar-refractivity contribution in [3.8, 4) is 12.3 Å². The molecule has 0 saturated carbocycles. The number of terminal acetylenes is 1. The molecule has 1 aliphatic heterocycles. The summed E-state index contributed by atoms with van der Waals surface area (Å²) >= 11 is 0. The molecule has 1 fully saturated rings. The highest BCUT2D eigenvalue weighted by Crippen LogP contribution is 2.31. The molecule has 18 heavy (non-hydrogen) atoms. The summed E-state index contributed by atoms with van der Waals surface area (Å²) in [7, 11) is 0. The van der Waals surface area contributed by atoms with Crippen LogP contribution in [-0.4, -0.2) is 35.6 Å². The second-order valence-corrected chi connectivity index (χ2v) is 4.42. The van der Waals surface area contributed by atoms with Crippen LogP contribution in [0.15, 0.2) is 10.6 Å². The number of hydrogen-bond donors (Lipinski definition) is 1. The molecule has 0 aliphatic carbocycles. The third kappa shape index (κ3) is 2.71. The average molecular weight is 247 g/mol. The fraction of sp³-hybridized carbons (Fsp3) is 0.538. The molecule has 1 aliphatic rings. The first kappa shape index (κ1) is 12.7. The van der Waals surface area contributed by atoms with E-state index >= 15 is 0 Å². The first-order chi connectivity index (χ1) is 8.72. The second kappa shape index (κ2) is 5.69. The summed E-state index contributed by atoms with van der Waals surface area (Å²) in [5.74, 6) is 3.28. The maximum Gasteiger partial charge on any atom is 0.237 e. The lowest BCUT2D eigenvalue weighted by atomic mass is 10.1. The predicted octanol–water partition coefficient (Wildman–Crippen LogP) is 0.869. The first-order valence-electron chi connectivity index (χ1n) is 6.09. The molecule has 0 aromatic carbocycles. The highest BCUT2D eigenvalue weighted by molar-refractivity contribution is 5.79. The van der Waals surface area contributed by atoms with E-state index in [2.05, 4.69) is 16.4 Å². The highest BCUT2D eigenvalue weighted by Gasteiger charge is 2.32. The van der Waals surface area contributed by atoms with Crippen molar-refractivity contribution in [2.45, 2.75) is 25.8 Å². The van der Waals surface area contributed by atoms with E-state index in [9.17, 15) is 4.79 Å². The van der Waals surface area contributed by atoms with Crippen LogP contribution in [-0.2, 0) is 4.79 Å². The predicted molar refractivity (Wildman–Crippen MR) is 66.6 cm³/mol. The molecule has 0 radical (unpaired) electrons. The minimum Gasteiger partial charge on any atom is -0.359 e. The molecule has 96 valence electrons. The number of carbonyl (C=O) groups is 1. The molecule has 1 atom stereocenters. The Hall–Kier alpha value is -1.80. The Kier molecular flexibility index (Phi) is 4.00. The van der Waals surface area contributed by atoms with Gasteiger partial charge >= 0.3 is 0 Å². The van der Waals surface area contributed by atoms with Gasteiger partial charge in [-0.05, 0) is 19.8 Å². The van der Waals surface area contributed by atoms with Crippen LogP contribution in [0.25, 0.3) is 0 Å². The molecule has 5 heteroatoms. The second-order valence-electron chi connectivity index (χ2n) is 4.42. The third-order valence-corrected chi connectivity index (χ3v) is 3.05. The van der Waals surface area contributed by atoms with Crippen molar-refractivity contribution in [3.63, 3.8) is 0 Å². The summed E-state index contributed by atoms with van der Waals surface area (Å²) in [5, 5.41) is 6.79. The minimum atomic E-state index is 0.0198. The number of hydrogen-bond acceptors (Lipinski definition) is 4. The number of likely N-dealkylation sites (tertiary alicyclic amines) is 1. The van der Waals surface area contributed by atoms with Crippen LogP contribution in [0.3, 0.4) is 0 Å². The third-order valence-electron chi connectivity index (χ3n) is 3.05. The van der Waals surface area contributed by atoms with Gasteiger partial charge in [0.15, 0.2) is 5.76 Å². The Morgan fingerprint density at radius 3 is 3.28 bits per heavy atom. The summed E-state index contributed by atoms with van der Waals surface area (Å²) < 4.78 is 5.26. The van der Waals surface area contributed by atoms with Crippen molar-refractivity contribution >= 4 is 5.91 Å². The van der Waals surface area contributed by atoms with Crippen molar-refractivity contribution in [2.75, 3.05) is 19.6 Å². The standard InChI is InChI=1S/C13H17N3O2/c1-3-6-14-9-13(17)16-7-4-5-11(16)12-8-10(2)15-18-12/h1,8,11,14H,4-7,9H2,2H3. The minimum absolute atomic E-state index is 0.0198. The van der Waals surface area contributed by atoms with E-state index in [4.69, 9.17) is 10.9 Å². The van der Waals surface area contributed by atoms with Crippen LogP contribution < -0.4 is 5.32 Å². The molecule has 1 amide bonds. The van der Waals surface area contributed by atoms with E-state index in [0.717, 1.165) is 30.8 Å². The molecule has 2 rings (SSSR count). The molecule has 1 aromatic rings. The highest BCUT2D eigenvalue weighted by atomic mass is 16.5. The van der Waals surface area contributed by atoms with Gasteiger partial charge in [0.2, 0.25) is 5.91 Å². The Balaban J connectivity index is 1.99. The Labute approximate surface area is 107 Å². The van der Waals surface area contributed by atoms with Gasteiger partial charge in [-0.15, -0.1) is 6.42 Å². The Bertz CT molecular complexity index is 461. The molecule has 0 bridgehead atoms.